The molecule has 1 rings (SSSR count). The molecular formula is C14H22BrNO2S2. The van der Waals surface area contributed by atoms with Gasteiger partial charge in [-0.3, -0.25) is 0 Å². The smallest absolute Gasteiger partial charge is 0.148 e. The topological polar surface area (TPSA) is 46.2 Å². The molecule has 3 nitrogen and oxygen atoms in total. The standard InChI is InChI=1S/C14H22BrNO2S2/c1-4-7-16-11(2)13-6-5-12(15)10-14(13)19-8-9-20(3,17)18/h5-6,10-11,16H,4,7-9H2,1-3H3. The average molecular weight is 380 g/mol. The van der Waals surface area contributed by atoms with Crippen molar-refractivity contribution in [2.24, 2.45) is 0 Å². The number of hydrogen-bond acceptors (Lipinski definition) is 4. The molecule has 1 aromatic carbocycles. The first-order valence-corrected chi connectivity index (χ1v) is 10.5. The Labute approximate surface area is 135 Å². The summed E-state index contributed by atoms with van der Waals surface area (Å²) in [4.78, 5) is 1.14. The molecule has 0 radical (unpaired) electrons. The van der Waals surface area contributed by atoms with Gasteiger partial charge in [0.1, 0.15) is 9.84 Å². The van der Waals surface area contributed by atoms with Crippen molar-refractivity contribution in [2.75, 3.05) is 24.3 Å². The van der Waals surface area contributed by atoms with Gasteiger partial charge in [0.25, 0.3) is 0 Å². The van der Waals surface area contributed by atoms with E-state index in [0.717, 1.165) is 22.3 Å². The number of halogens is 1. The highest BCUT2D eigenvalue weighted by molar-refractivity contribution is 9.10. The van der Waals surface area contributed by atoms with Crippen LogP contribution in [0.3, 0.4) is 0 Å². The Balaban J connectivity index is 2.79. The fourth-order valence-corrected chi connectivity index (χ4v) is 4.66. The lowest BCUT2D eigenvalue weighted by molar-refractivity contribution is 0.564. The lowest BCUT2D eigenvalue weighted by atomic mass is 10.1. The fraction of sp³-hybridized carbons (Fsp3) is 0.571. The van der Waals surface area contributed by atoms with Crippen molar-refractivity contribution < 1.29 is 8.42 Å². The predicted octanol–water partition coefficient (Wildman–Crippen LogP) is 3.65. The Morgan fingerprint density at radius 2 is 2.10 bits per heavy atom. The van der Waals surface area contributed by atoms with Gasteiger partial charge in [-0.1, -0.05) is 28.9 Å². The maximum atomic E-state index is 11.2. The normalized spacial score (nSPS) is 13.4. The minimum atomic E-state index is -2.90. The summed E-state index contributed by atoms with van der Waals surface area (Å²) in [6.45, 7) is 5.26. The van der Waals surface area contributed by atoms with Crippen molar-refractivity contribution in [3.05, 3.63) is 28.2 Å². The summed E-state index contributed by atoms with van der Waals surface area (Å²) in [6, 6.07) is 6.45. The molecule has 0 fully saturated rings. The number of hydrogen-bond donors (Lipinski definition) is 1. The zero-order valence-electron chi connectivity index (χ0n) is 12.1. The van der Waals surface area contributed by atoms with Crippen LogP contribution in [-0.4, -0.2) is 32.7 Å². The van der Waals surface area contributed by atoms with Gasteiger partial charge in [0, 0.05) is 27.4 Å². The quantitative estimate of drug-likeness (QED) is 0.700. The van der Waals surface area contributed by atoms with Crippen LogP contribution in [0.1, 0.15) is 31.9 Å². The van der Waals surface area contributed by atoms with Gasteiger partial charge < -0.3 is 5.32 Å². The largest absolute Gasteiger partial charge is 0.310 e. The van der Waals surface area contributed by atoms with Crippen molar-refractivity contribution in [2.45, 2.75) is 31.2 Å². The number of sulfone groups is 1. The number of thioether (sulfide) groups is 1. The van der Waals surface area contributed by atoms with E-state index < -0.39 is 9.84 Å². The number of rotatable bonds is 8. The van der Waals surface area contributed by atoms with E-state index in [-0.39, 0.29) is 11.8 Å². The van der Waals surface area contributed by atoms with Gasteiger partial charge in [-0.2, -0.15) is 0 Å². The molecule has 0 heterocycles. The molecule has 0 aliphatic rings. The maximum Gasteiger partial charge on any atom is 0.148 e. The third-order valence-corrected chi connectivity index (χ3v) is 5.62. The second kappa shape index (κ2) is 8.41. The molecule has 1 aromatic rings. The van der Waals surface area contributed by atoms with E-state index in [2.05, 4.69) is 47.2 Å². The Bertz CT molecular complexity index is 532. The van der Waals surface area contributed by atoms with Crippen molar-refractivity contribution in [1.82, 2.24) is 5.32 Å². The van der Waals surface area contributed by atoms with E-state index >= 15 is 0 Å². The first-order chi connectivity index (χ1) is 9.33. The first-order valence-electron chi connectivity index (χ1n) is 6.67. The zero-order valence-corrected chi connectivity index (χ0v) is 15.4. The van der Waals surface area contributed by atoms with E-state index in [1.807, 2.05) is 6.07 Å². The third kappa shape index (κ3) is 6.61. The SMILES string of the molecule is CCCNC(C)c1ccc(Br)cc1SCCS(C)(=O)=O. The van der Waals surface area contributed by atoms with E-state index in [1.54, 1.807) is 11.8 Å². The third-order valence-electron chi connectivity index (χ3n) is 2.85. The van der Waals surface area contributed by atoms with Gasteiger partial charge in [-0.25, -0.2) is 8.42 Å². The monoisotopic (exact) mass is 379 g/mol. The maximum absolute atomic E-state index is 11.2. The van der Waals surface area contributed by atoms with E-state index in [9.17, 15) is 8.42 Å². The van der Waals surface area contributed by atoms with Crippen LogP contribution in [0.4, 0.5) is 0 Å². The van der Waals surface area contributed by atoms with Crippen LogP contribution < -0.4 is 5.32 Å². The molecule has 0 aromatic heterocycles. The number of nitrogens with one attached hydrogen (secondary N) is 1. The highest BCUT2D eigenvalue weighted by Gasteiger charge is 2.12. The van der Waals surface area contributed by atoms with Crippen LogP contribution in [0.25, 0.3) is 0 Å². The molecule has 20 heavy (non-hydrogen) atoms. The summed E-state index contributed by atoms with van der Waals surface area (Å²) in [5, 5.41) is 3.47. The Hall–Kier alpha value is -0.0400. The molecule has 0 bridgehead atoms. The molecule has 1 N–H and O–H groups in total. The molecule has 1 atom stereocenters. The highest BCUT2D eigenvalue weighted by Crippen LogP contribution is 2.30. The minimum absolute atomic E-state index is 0.209. The Morgan fingerprint density at radius 3 is 2.70 bits per heavy atom. The fourth-order valence-electron chi connectivity index (χ4n) is 1.76. The van der Waals surface area contributed by atoms with E-state index in [0.29, 0.717) is 5.75 Å². The summed E-state index contributed by atoms with van der Waals surface area (Å²) in [7, 11) is -2.90. The zero-order chi connectivity index (χ0) is 15.2. The van der Waals surface area contributed by atoms with Gasteiger partial charge in [-0.05, 0) is 37.6 Å². The average Bonchev–Trinajstić information content (AvgIpc) is 2.34. The van der Waals surface area contributed by atoms with Gasteiger partial charge in [0.2, 0.25) is 0 Å². The molecule has 0 saturated carbocycles. The molecular weight excluding hydrogens is 358 g/mol. The van der Waals surface area contributed by atoms with Crippen LogP contribution in [-0.2, 0) is 9.84 Å². The minimum Gasteiger partial charge on any atom is -0.310 e. The van der Waals surface area contributed by atoms with Crippen LogP contribution >= 0.6 is 27.7 Å². The second-order valence-corrected chi connectivity index (χ2v) is 9.15. The van der Waals surface area contributed by atoms with Gasteiger partial charge >= 0.3 is 0 Å². The molecule has 0 amide bonds. The van der Waals surface area contributed by atoms with Crippen molar-refractivity contribution >= 4 is 37.5 Å². The summed E-state index contributed by atoms with van der Waals surface area (Å²) in [6.07, 6.45) is 2.37. The van der Waals surface area contributed by atoms with Crippen molar-refractivity contribution in [3.63, 3.8) is 0 Å². The predicted molar refractivity (Wildman–Crippen MR) is 91.3 cm³/mol. The lowest BCUT2D eigenvalue weighted by Gasteiger charge is -2.18. The van der Waals surface area contributed by atoms with Gasteiger partial charge in [0.05, 0.1) is 5.75 Å². The van der Waals surface area contributed by atoms with Crippen LogP contribution in [0.5, 0.6) is 0 Å². The van der Waals surface area contributed by atoms with Crippen molar-refractivity contribution in [3.8, 4) is 0 Å². The number of benzene rings is 1. The molecule has 114 valence electrons. The summed E-state index contributed by atoms with van der Waals surface area (Å²) in [5.74, 6) is 0.795. The molecule has 0 aliphatic heterocycles. The van der Waals surface area contributed by atoms with Crippen LogP contribution in [0, 0.1) is 0 Å². The van der Waals surface area contributed by atoms with Crippen LogP contribution in [0.2, 0.25) is 0 Å². The van der Waals surface area contributed by atoms with Gasteiger partial charge in [-0.15, -0.1) is 11.8 Å². The molecule has 0 saturated heterocycles. The molecule has 0 spiro atoms. The molecule has 0 aliphatic carbocycles. The Kier molecular flexibility index (Phi) is 7.58. The summed E-state index contributed by atoms with van der Waals surface area (Å²) < 4.78 is 23.4. The summed E-state index contributed by atoms with van der Waals surface area (Å²) >= 11 is 5.08. The molecule has 6 heteroatoms. The van der Waals surface area contributed by atoms with Gasteiger partial charge in [0.15, 0.2) is 0 Å². The molecule has 1 unspecified atom stereocenters. The van der Waals surface area contributed by atoms with Crippen LogP contribution in [0.15, 0.2) is 27.6 Å². The first kappa shape index (κ1) is 18.0. The van der Waals surface area contributed by atoms with E-state index in [4.69, 9.17) is 0 Å². The highest BCUT2D eigenvalue weighted by atomic mass is 79.9. The van der Waals surface area contributed by atoms with Crippen molar-refractivity contribution in [1.29, 1.82) is 0 Å². The summed E-state index contributed by atoms with van der Waals surface area (Å²) in [5.41, 5.74) is 1.22. The second-order valence-electron chi connectivity index (χ2n) is 4.84. The lowest BCUT2D eigenvalue weighted by Crippen LogP contribution is -2.20. The Morgan fingerprint density at radius 1 is 1.40 bits per heavy atom. The van der Waals surface area contributed by atoms with E-state index in [1.165, 1.54) is 11.8 Å².